The number of halogens is 2. The van der Waals surface area contributed by atoms with Crippen LogP contribution in [0.2, 0.25) is 0 Å². The lowest BCUT2D eigenvalue weighted by molar-refractivity contribution is 0.0944. The van der Waals surface area contributed by atoms with Crippen molar-refractivity contribution >= 4 is 15.9 Å². The first-order valence-corrected chi connectivity index (χ1v) is 9.14. The van der Waals surface area contributed by atoms with Gasteiger partial charge in [0.2, 0.25) is 0 Å². The zero-order valence-electron chi connectivity index (χ0n) is 14.0. The Labute approximate surface area is 153 Å². The molecule has 1 aromatic heterocycles. The van der Waals surface area contributed by atoms with Crippen LogP contribution in [0.25, 0.3) is 5.69 Å². The molecule has 0 radical (unpaired) electrons. The van der Waals surface area contributed by atoms with Gasteiger partial charge in [0.25, 0.3) is 15.9 Å². The molecular weight excluding hydrogens is 378 g/mol. The van der Waals surface area contributed by atoms with Gasteiger partial charge in [-0.2, -0.15) is 5.10 Å². The van der Waals surface area contributed by atoms with Crippen LogP contribution in [0.5, 0.6) is 0 Å². The molecule has 0 aliphatic heterocycles. The van der Waals surface area contributed by atoms with E-state index in [0.29, 0.717) is 5.69 Å². The van der Waals surface area contributed by atoms with Crippen LogP contribution in [0.15, 0.2) is 59.6 Å². The lowest BCUT2D eigenvalue weighted by atomic mass is 10.2. The van der Waals surface area contributed by atoms with Crippen LogP contribution in [-0.2, 0) is 10.0 Å². The Morgan fingerprint density at radius 2 is 1.85 bits per heavy atom. The van der Waals surface area contributed by atoms with E-state index in [1.807, 2.05) is 5.43 Å². The molecule has 2 aromatic carbocycles. The zero-order chi connectivity index (χ0) is 19.6. The number of benzene rings is 2. The molecule has 140 valence electrons. The highest BCUT2D eigenvalue weighted by Crippen LogP contribution is 2.15. The molecule has 0 unspecified atom stereocenters. The number of nitrogens with zero attached hydrogens (tertiary/aromatic N) is 2. The summed E-state index contributed by atoms with van der Waals surface area (Å²) in [5.74, 6) is -2.59. The van der Waals surface area contributed by atoms with Crippen molar-refractivity contribution in [2.45, 2.75) is 11.8 Å². The van der Waals surface area contributed by atoms with E-state index in [9.17, 15) is 22.0 Å². The second-order valence-electron chi connectivity index (χ2n) is 5.59. The molecule has 0 bridgehead atoms. The minimum absolute atomic E-state index is 0.144. The number of hydrogen-bond acceptors (Lipinski definition) is 4. The number of aryl methyl sites for hydroxylation is 1. The maximum Gasteiger partial charge on any atom is 0.266 e. The third kappa shape index (κ3) is 4.18. The molecule has 0 aliphatic carbocycles. The van der Waals surface area contributed by atoms with Crippen LogP contribution in [0.1, 0.15) is 16.1 Å². The third-order valence-electron chi connectivity index (χ3n) is 3.56. The van der Waals surface area contributed by atoms with Crippen molar-refractivity contribution in [1.29, 1.82) is 0 Å². The SMILES string of the molecule is Cc1ccn(-c2cc(F)cc(C(=O)NNS(=O)(=O)c3ccccc3F)c2)n1. The van der Waals surface area contributed by atoms with Gasteiger partial charge in [0.1, 0.15) is 16.5 Å². The molecule has 27 heavy (non-hydrogen) atoms. The topological polar surface area (TPSA) is 93.1 Å². The van der Waals surface area contributed by atoms with Crippen molar-refractivity contribution in [3.05, 3.63) is 77.6 Å². The van der Waals surface area contributed by atoms with Gasteiger partial charge in [0.05, 0.1) is 11.4 Å². The maximum atomic E-state index is 13.9. The van der Waals surface area contributed by atoms with Crippen LogP contribution in [0.4, 0.5) is 8.78 Å². The average molecular weight is 392 g/mol. The zero-order valence-corrected chi connectivity index (χ0v) is 14.8. The summed E-state index contributed by atoms with van der Waals surface area (Å²) < 4.78 is 53.1. The molecule has 1 heterocycles. The molecule has 0 saturated carbocycles. The maximum absolute atomic E-state index is 13.9. The Hall–Kier alpha value is -3.11. The van der Waals surface area contributed by atoms with Gasteiger partial charge in [-0.15, -0.1) is 4.83 Å². The molecule has 0 atom stereocenters. The molecule has 0 saturated heterocycles. The fraction of sp³-hybridized carbons (Fsp3) is 0.0588. The van der Waals surface area contributed by atoms with E-state index in [1.165, 1.54) is 28.9 Å². The van der Waals surface area contributed by atoms with E-state index in [-0.39, 0.29) is 11.3 Å². The van der Waals surface area contributed by atoms with Crippen molar-refractivity contribution < 1.29 is 22.0 Å². The van der Waals surface area contributed by atoms with Gasteiger partial charge in [-0.25, -0.2) is 21.9 Å². The lowest BCUT2D eigenvalue weighted by Gasteiger charge is -2.10. The summed E-state index contributed by atoms with van der Waals surface area (Å²) in [6.07, 6.45) is 1.59. The van der Waals surface area contributed by atoms with E-state index < -0.39 is 32.5 Å². The van der Waals surface area contributed by atoms with E-state index in [1.54, 1.807) is 24.0 Å². The molecule has 0 fully saturated rings. The number of amides is 1. The molecular formula is C17H14F2N4O3S. The molecule has 0 spiro atoms. The summed E-state index contributed by atoms with van der Waals surface area (Å²) in [5, 5.41) is 4.12. The molecule has 3 rings (SSSR count). The van der Waals surface area contributed by atoms with E-state index >= 15 is 0 Å². The van der Waals surface area contributed by atoms with Gasteiger partial charge < -0.3 is 0 Å². The van der Waals surface area contributed by atoms with Crippen LogP contribution in [0.3, 0.4) is 0 Å². The van der Waals surface area contributed by atoms with E-state index in [4.69, 9.17) is 0 Å². The quantitative estimate of drug-likeness (QED) is 0.650. The van der Waals surface area contributed by atoms with E-state index in [0.717, 1.165) is 18.2 Å². The Morgan fingerprint density at radius 3 is 2.52 bits per heavy atom. The molecule has 1 amide bonds. The summed E-state index contributed by atoms with van der Waals surface area (Å²) in [7, 11) is -4.33. The van der Waals surface area contributed by atoms with Gasteiger partial charge in [0.15, 0.2) is 0 Å². The second kappa shape index (κ2) is 7.25. The number of hydrazine groups is 1. The number of hydrogen-bond donors (Lipinski definition) is 2. The second-order valence-corrected chi connectivity index (χ2v) is 7.24. The Balaban J connectivity index is 1.81. The molecule has 3 aromatic rings. The predicted molar refractivity (Wildman–Crippen MR) is 92.4 cm³/mol. The van der Waals surface area contributed by atoms with Gasteiger partial charge in [-0.05, 0) is 43.3 Å². The van der Waals surface area contributed by atoms with Crippen molar-refractivity contribution in [3.8, 4) is 5.69 Å². The van der Waals surface area contributed by atoms with Gasteiger partial charge >= 0.3 is 0 Å². The fourth-order valence-corrected chi connectivity index (χ4v) is 3.22. The van der Waals surface area contributed by atoms with Crippen LogP contribution < -0.4 is 10.3 Å². The van der Waals surface area contributed by atoms with Gasteiger partial charge in [-0.3, -0.25) is 10.2 Å². The number of nitrogens with one attached hydrogen (secondary N) is 2. The van der Waals surface area contributed by atoms with Crippen molar-refractivity contribution in [2.24, 2.45) is 0 Å². The van der Waals surface area contributed by atoms with Crippen LogP contribution >= 0.6 is 0 Å². The largest absolute Gasteiger partial charge is 0.273 e. The highest BCUT2D eigenvalue weighted by Gasteiger charge is 2.20. The van der Waals surface area contributed by atoms with Crippen molar-refractivity contribution in [2.75, 3.05) is 0 Å². The number of carbonyl (C=O) groups is 1. The smallest absolute Gasteiger partial charge is 0.266 e. The Kier molecular flexibility index (Phi) is 5.02. The summed E-state index contributed by atoms with van der Waals surface area (Å²) in [5.41, 5.74) is 2.77. The summed E-state index contributed by atoms with van der Waals surface area (Å²) in [6.45, 7) is 1.75. The van der Waals surface area contributed by atoms with Crippen LogP contribution in [-0.4, -0.2) is 24.1 Å². The van der Waals surface area contributed by atoms with E-state index in [2.05, 4.69) is 5.10 Å². The lowest BCUT2D eigenvalue weighted by Crippen LogP contribution is -2.41. The Bertz CT molecular complexity index is 1110. The Morgan fingerprint density at radius 1 is 1.11 bits per heavy atom. The molecule has 2 N–H and O–H groups in total. The van der Waals surface area contributed by atoms with Crippen molar-refractivity contribution in [3.63, 3.8) is 0 Å². The van der Waals surface area contributed by atoms with Crippen molar-refractivity contribution in [1.82, 2.24) is 20.0 Å². The first-order chi connectivity index (χ1) is 12.8. The first-order valence-electron chi connectivity index (χ1n) is 7.66. The fourth-order valence-electron chi connectivity index (χ4n) is 2.30. The summed E-state index contributed by atoms with van der Waals surface area (Å²) in [4.78, 5) is 13.4. The number of rotatable bonds is 5. The van der Waals surface area contributed by atoms with Gasteiger partial charge in [-0.1, -0.05) is 12.1 Å². The number of carbonyl (C=O) groups excluding carboxylic acids is 1. The average Bonchev–Trinajstić information content (AvgIpc) is 3.06. The highest BCUT2D eigenvalue weighted by molar-refractivity contribution is 7.89. The normalized spacial score (nSPS) is 11.4. The monoisotopic (exact) mass is 392 g/mol. The first kappa shape index (κ1) is 18.7. The minimum atomic E-state index is -4.33. The molecule has 0 aliphatic rings. The minimum Gasteiger partial charge on any atom is -0.273 e. The molecule has 7 nitrogen and oxygen atoms in total. The predicted octanol–water partition coefficient (Wildman–Crippen LogP) is 2.08. The van der Waals surface area contributed by atoms with Crippen LogP contribution in [0, 0.1) is 18.6 Å². The highest BCUT2D eigenvalue weighted by atomic mass is 32.2. The van der Waals surface area contributed by atoms with Gasteiger partial charge in [0, 0.05) is 11.8 Å². The third-order valence-corrected chi connectivity index (χ3v) is 4.84. The molecule has 10 heteroatoms. The number of aromatic nitrogens is 2. The summed E-state index contributed by atoms with van der Waals surface area (Å²) >= 11 is 0. The number of sulfonamides is 1. The standard InChI is InChI=1S/C17H14F2N4O3S/c1-11-6-7-23(21-11)14-9-12(8-13(18)10-14)17(24)20-22-27(25,26)16-5-3-2-4-15(16)19/h2-10,22H,1H3,(H,20,24). The summed E-state index contributed by atoms with van der Waals surface area (Å²) in [6, 6.07) is 9.84.